The standard InChI is InChI=1S/C10H17F3N2O3/c1-7(9(17)18-3)4-15(2)5-8(16)14-6-10(11,12)13/h7H,4-6H2,1-3H3,(H,14,16). The second-order valence-electron chi connectivity index (χ2n) is 4.01. The molecule has 1 amide bonds. The number of carbonyl (C=O) groups excluding carboxylic acids is 2. The van der Waals surface area contributed by atoms with Gasteiger partial charge in [-0.25, -0.2) is 0 Å². The lowest BCUT2D eigenvalue weighted by Gasteiger charge is -2.19. The van der Waals surface area contributed by atoms with Gasteiger partial charge in [-0.3, -0.25) is 14.5 Å². The van der Waals surface area contributed by atoms with E-state index in [1.54, 1.807) is 12.2 Å². The van der Waals surface area contributed by atoms with Crippen LogP contribution in [0, 0.1) is 5.92 Å². The molecule has 0 aliphatic carbocycles. The van der Waals surface area contributed by atoms with Crippen molar-refractivity contribution in [2.45, 2.75) is 13.1 Å². The molecule has 0 spiro atoms. The van der Waals surface area contributed by atoms with Crippen molar-refractivity contribution in [1.82, 2.24) is 10.2 Å². The van der Waals surface area contributed by atoms with Crippen molar-refractivity contribution in [2.75, 3.05) is 33.8 Å². The molecule has 1 unspecified atom stereocenters. The normalized spacial score (nSPS) is 13.3. The molecular formula is C10H17F3N2O3. The summed E-state index contributed by atoms with van der Waals surface area (Å²) in [6, 6.07) is 0. The quantitative estimate of drug-likeness (QED) is 0.710. The molecule has 8 heteroatoms. The highest BCUT2D eigenvalue weighted by Gasteiger charge is 2.28. The highest BCUT2D eigenvalue weighted by atomic mass is 19.4. The van der Waals surface area contributed by atoms with Crippen molar-refractivity contribution in [3.8, 4) is 0 Å². The number of esters is 1. The molecule has 0 saturated heterocycles. The summed E-state index contributed by atoms with van der Waals surface area (Å²) in [5.41, 5.74) is 0. The SMILES string of the molecule is COC(=O)C(C)CN(C)CC(=O)NCC(F)(F)F. The van der Waals surface area contributed by atoms with Crippen LogP contribution in [0.3, 0.4) is 0 Å². The van der Waals surface area contributed by atoms with Gasteiger partial charge in [0.2, 0.25) is 5.91 Å². The van der Waals surface area contributed by atoms with Gasteiger partial charge in [0, 0.05) is 6.54 Å². The van der Waals surface area contributed by atoms with Gasteiger partial charge in [0.25, 0.3) is 0 Å². The fourth-order valence-corrected chi connectivity index (χ4v) is 1.31. The van der Waals surface area contributed by atoms with Crippen LogP contribution in [0.2, 0.25) is 0 Å². The van der Waals surface area contributed by atoms with Gasteiger partial charge in [-0.05, 0) is 7.05 Å². The monoisotopic (exact) mass is 270 g/mol. The number of nitrogens with one attached hydrogen (secondary N) is 1. The number of methoxy groups -OCH3 is 1. The predicted octanol–water partition coefficient (Wildman–Crippen LogP) is 0.406. The third kappa shape index (κ3) is 7.88. The minimum absolute atomic E-state index is 0.211. The summed E-state index contributed by atoms with van der Waals surface area (Å²) in [5.74, 6) is -1.63. The summed E-state index contributed by atoms with van der Waals surface area (Å²) in [6.45, 7) is 0.270. The van der Waals surface area contributed by atoms with Crippen molar-refractivity contribution in [3.63, 3.8) is 0 Å². The molecule has 5 nitrogen and oxygen atoms in total. The highest BCUT2D eigenvalue weighted by Crippen LogP contribution is 2.12. The Hall–Kier alpha value is -1.31. The zero-order chi connectivity index (χ0) is 14.3. The Morgan fingerprint density at radius 1 is 1.39 bits per heavy atom. The molecular weight excluding hydrogens is 253 g/mol. The summed E-state index contributed by atoms with van der Waals surface area (Å²) in [6.07, 6.45) is -4.42. The third-order valence-electron chi connectivity index (χ3n) is 2.09. The first-order valence-electron chi connectivity index (χ1n) is 5.25. The van der Waals surface area contributed by atoms with E-state index in [1.807, 2.05) is 0 Å². The molecule has 0 fully saturated rings. The number of halogens is 3. The zero-order valence-electron chi connectivity index (χ0n) is 10.5. The number of ether oxygens (including phenoxy) is 1. The minimum Gasteiger partial charge on any atom is -0.469 e. The predicted molar refractivity (Wildman–Crippen MR) is 57.7 cm³/mol. The van der Waals surface area contributed by atoms with E-state index in [0.29, 0.717) is 0 Å². The Balaban J connectivity index is 3.97. The number of hydrogen-bond acceptors (Lipinski definition) is 4. The lowest BCUT2D eigenvalue weighted by Crippen LogP contribution is -2.41. The second kappa shape index (κ2) is 7.20. The fourth-order valence-electron chi connectivity index (χ4n) is 1.31. The van der Waals surface area contributed by atoms with E-state index in [0.717, 1.165) is 0 Å². The van der Waals surface area contributed by atoms with Crippen LogP contribution >= 0.6 is 0 Å². The molecule has 1 atom stereocenters. The van der Waals surface area contributed by atoms with Crippen LogP contribution in [0.25, 0.3) is 0 Å². The Morgan fingerprint density at radius 2 is 1.94 bits per heavy atom. The van der Waals surface area contributed by atoms with Crippen LogP contribution in [0.5, 0.6) is 0 Å². The lowest BCUT2D eigenvalue weighted by molar-refractivity contribution is -0.145. The number of hydrogen-bond donors (Lipinski definition) is 1. The molecule has 106 valence electrons. The van der Waals surface area contributed by atoms with Crippen molar-refractivity contribution in [3.05, 3.63) is 0 Å². The molecule has 0 aromatic carbocycles. The molecule has 0 aromatic rings. The molecule has 0 radical (unpaired) electrons. The van der Waals surface area contributed by atoms with E-state index in [-0.39, 0.29) is 13.1 Å². The van der Waals surface area contributed by atoms with Crippen LogP contribution in [0.1, 0.15) is 6.92 Å². The van der Waals surface area contributed by atoms with E-state index in [2.05, 4.69) is 4.74 Å². The first-order chi connectivity index (χ1) is 8.15. The van der Waals surface area contributed by atoms with Crippen molar-refractivity contribution < 1.29 is 27.5 Å². The number of alkyl halides is 3. The van der Waals surface area contributed by atoms with E-state index in [1.165, 1.54) is 19.1 Å². The largest absolute Gasteiger partial charge is 0.469 e. The number of amides is 1. The van der Waals surface area contributed by atoms with Crippen LogP contribution in [0.15, 0.2) is 0 Å². The molecule has 0 aliphatic heterocycles. The van der Waals surface area contributed by atoms with Gasteiger partial charge in [0.15, 0.2) is 0 Å². The van der Waals surface area contributed by atoms with Gasteiger partial charge < -0.3 is 10.1 Å². The maximum absolute atomic E-state index is 11.8. The summed E-state index contributed by atoms with van der Waals surface area (Å²) in [5, 5.41) is 1.75. The van der Waals surface area contributed by atoms with E-state index >= 15 is 0 Å². The first-order valence-corrected chi connectivity index (χ1v) is 5.25. The molecule has 0 aliphatic rings. The third-order valence-corrected chi connectivity index (χ3v) is 2.09. The summed E-state index contributed by atoms with van der Waals surface area (Å²) < 4.78 is 40.0. The van der Waals surface area contributed by atoms with Gasteiger partial charge in [-0.1, -0.05) is 6.92 Å². The average Bonchev–Trinajstić information content (AvgIpc) is 2.24. The maximum atomic E-state index is 11.8. The molecule has 0 bridgehead atoms. The Morgan fingerprint density at radius 3 is 2.39 bits per heavy atom. The van der Waals surface area contributed by atoms with E-state index < -0.39 is 30.5 Å². The second-order valence-corrected chi connectivity index (χ2v) is 4.01. The van der Waals surface area contributed by atoms with Gasteiger partial charge in [0.05, 0.1) is 19.6 Å². The van der Waals surface area contributed by atoms with E-state index in [4.69, 9.17) is 0 Å². The van der Waals surface area contributed by atoms with Gasteiger partial charge in [-0.2, -0.15) is 13.2 Å². The van der Waals surface area contributed by atoms with E-state index in [9.17, 15) is 22.8 Å². The molecule has 0 aromatic heterocycles. The number of carbonyl (C=O) groups is 2. The Kier molecular flexibility index (Phi) is 6.67. The summed E-state index contributed by atoms with van der Waals surface area (Å²) in [7, 11) is 2.78. The van der Waals surface area contributed by atoms with Crippen molar-refractivity contribution >= 4 is 11.9 Å². The van der Waals surface area contributed by atoms with Gasteiger partial charge in [-0.15, -0.1) is 0 Å². The number of rotatable bonds is 6. The van der Waals surface area contributed by atoms with Crippen molar-refractivity contribution in [1.29, 1.82) is 0 Å². The first kappa shape index (κ1) is 16.7. The topological polar surface area (TPSA) is 58.6 Å². The number of likely N-dealkylation sites (N-methyl/N-ethyl adjacent to an activating group) is 1. The smallest absolute Gasteiger partial charge is 0.405 e. The molecule has 0 saturated carbocycles. The summed E-state index contributed by atoms with van der Waals surface area (Å²) >= 11 is 0. The van der Waals surface area contributed by atoms with Gasteiger partial charge >= 0.3 is 12.1 Å². The minimum atomic E-state index is -4.42. The van der Waals surface area contributed by atoms with Crippen LogP contribution < -0.4 is 5.32 Å². The fraction of sp³-hybridized carbons (Fsp3) is 0.800. The Labute approximate surface area is 103 Å². The van der Waals surface area contributed by atoms with Gasteiger partial charge in [0.1, 0.15) is 6.54 Å². The number of nitrogens with zero attached hydrogens (tertiary/aromatic N) is 1. The molecule has 1 N–H and O–H groups in total. The molecule has 0 rings (SSSR count). The Bertz CT molecular complexity index is 295. The van der Waals surface area contributed by atoms with Crippen LogP contribution in [-0.2, 0) is 14.3 Å². The molecule has 0 heterocycles. The van der Waals surface area contributed by atoms with Crippen LogP contribution in [-0.4, -0.2) is 56.7 Å². The van der Waals surface area contributed by atoms with Crippen molar-refractivity contribution in [2.24, 2.45) is 5.92 Å². The molecule has 18 heavy (non-hydrogen) atoms. The lowest BCUT2D eigenvalue weighted by atomic mass is 10.2. The van der Waals surface area contributed by atoms with Crippen LogP contribution in [0.4, 0.5) is 13.2 Å². The highest BCUT2D eigenvalue weighted by molar-refractivity contribution is 5.78. The summed E-state index contributed by atoms with van der Waals surface area (Å²) in [4.78, 5) is 23.7. The zero-order valence-corrected chi connectivity index (χ0v) is 10.5. The average molecular weight is 270 g/mol. The maximum Gasteiger partial charge on any atom is 0.405 e.